The van der Waals surface area contributed by atoms with E-state index in [4.69, 9.17) is 27.9 Å². The standard InChI is InChI=1S/C37H34BrCl2N3O6/c1-36(2,3)42-32(45)23-12-11-22-24(30(23)34(42)47)17-26-33(46)43(41-28-13-8-20(39)16-27(28)40)35(48)37(26,18-5-9-21(49-4)10-6-18)31(22)25-15-19(38)7-14-29(25)44/h5-11,13-16,23-24,26,30-31,41,44H,12,17H2,1-4H3/t23-,24+,26-,30-,31+,37+/m0/s1. The number of hydrogen-bond acceptors (Lipinski definition) is 7. The fraction of sp³-hybridized carbons (Fsp3) is 0.351. The van der Waals surface area contributed by atoms with E-state index in [1.807, 2.05) is 26.8 Å². The second-order valence-electron chi connectivity index (χ2n) is 14.1. The number of benzene rings is 3. The van der Waals surface area contributed by atoms with Crippen molar-refractivity contribution in [1.82, 2.24) is 9.91 Å². The Kier molecular flexibility index (Phi) is 8.16. The predicted molar refractivity (Wildman–Crippen MR) is 188 cm³/mol. The SMILES string of the molecule is COc1ccc([C@@]23C(=O)N(Nc4ccc(Cl)cc4Cl)C(=O)[C@@H]2C[C@@H]2C(=CC[C@@H]4C(=O)N(C(C)(C)C)C(=O)[C@@H]42)[C@@H]3c2cc(Br)ccc2O)cc1. The lowest BCUT2D eigenvalue weighted by Crippen LogP contribution is -2.53. The molecule has 12 heteroatoms. The minimum absolute atomic E-state index is 0.0685. The summed E-state index contributed by atoms with van der Waals surface area (Å²) in [6.45, 7) is 5.49. The van der Waals surface area contributed by atoms with Gasteiger partial charge < -0.3 is 9.84 Å². The number of likely N-dealkylation sites (tertiary alicyclic amines) is 1. The Morgan fingerprint density at radius 1 is 0.939 bits per heavy atom. The van der Waals surface area contributed by atoms with Crippen molar-refractivity contribution >= 4 is 68.4 Å². The Morgan fingerprint density at radius 2 is 1.65 bits per heavy atom. The normalized spacial score (nSPS) is 27.9. The number of phenols is 1. The number of nitrogens with one attached hydrogen (secondary N) is 1. The number of amides is 4. The summed E-state index contributed by atoms with van der Waals surface area (Å²) in [5, 5.41) is 13.1. The van der Waals surface area contributed by atoms with Crippen LogP contribution in [0.25, 0.3) is 0 Å². The molecule has 3 fully saturated rings. The van der Waals surface area contributed by atoms with Gasteiger partial charge in [0.15, 0.2) is 0 Å². The molecule has 49 heavy (non-hydrogen) atoms. The maximum absolute atomic E-state index is 15.3. The van der Waals surface area contributed by atoms with Crippen LogP contribution in [0.2, 0.25) is 10.0 Å². The molecule has 9 nitrogen and oxygen atoms in total. The smallest absolute Gasteiger partial charge is 0.260 e. The van der Waals surface area contributed by atoms with Gasteiger partial charge in [-0.25, -0.2) is 0 Å². The highest BCUT2D eigenvalue weighted by Crippen LogP contribution is 2.65. The molecular weight excluding hydrogens is 733 g/mol. The van der Waals surface area contributed by atoms with E-state index in [1.54, 1.807) is 61.7 Å². The van der Waals surface area contributed by atoms with Gasteiger partial charge in [0.05, 0.1) is 41.0 Å². The highest BCUT2D eigenvalue weighted by Gasteiger charge is 2.71. The number of hydrogen-bond donors (Lipinski definition) is 2. The van der Waals surface area contributed by atoms with Crippen LogP contribution < -0.4 is 10.2 Å². The molecule has 254 valence electrons. The second kappa shape index (κ2) is 11.9. The van der Waals surface area contributed by atoms with Crippen molar-refractivity contribution in [2.45, 2.75) is 50.5 Å². The third-order valence-electron chi connectivity index (χ3n) is 10.6. The molecule has 2 N–H and O–H groups in total. The van der Waals surface area contributed by atoms with Crippen LogP contribution >= 0.6 is 39.1 Å². The molecule has 2 saturated heterocycles. The molecule has 2 aliphatic heterocycles. The Hall–Kier alpha value is -3.86. The van der Waals surface area contributed by atoms with Crippen LogP contribution in [0.3, 0.4) is 0 Å². The maximum atomic E-state index is 15.3. The van der Waals surface area contributed by atoms with Crippen molar-refractivity contribution in [2.75, 3.05) is 12.5 Å². The van der Waals surface area contributed by atoms with Gasteiger partial charge in [-0.05, 0) is 93.6 Å². The number of carbonyl (C=O) groups is 4. The monoisotopic (exact) mass is 765 g/mol. The number of fused-ring (bicyclic) bond motifs is 4. The van der Waals surface area contributed by atoms with Gasteiger partial charge in [-0.15, -0.1) is 0 Å². The number of imide groups is 2. The fourth-order valence-electron chi connectivity index (χ4n) is 8.61. The number of ether oxygens (including phenoxy) is 1. The van der Waals surface area contributed by atoms with Crippen molar-refractivity contribution in [3.63, 3.8) is 0 Å². The highest BCUT2D eigenvalue weighted by molar-refractivity contribution is 9.10. The Labute approximate surface area is 302 Å². The van der Waals surface area contributed by atoms with Gasteiger partial charge >= 0.3 is 0 Å². The molecule has 0 bridgehead atoms. The molecule has 7 rings (SSSR count). The van der Waals surface area contributed by atoms with Crippen LogP contribution in [0.5, 0.6) is 11.5 Å². The summed E-state index contributed by atoms with van der Waals surface area (Å²) >= 11 is 16.2. The molecule has 0 spiro atoms. The van der Waals surface area contributed by atoms with Gasteiger partial charge in [0.2, 0.25) is 11.8 Å². The van der Waals surface area contributed by atoms with Gasteiger partial charge in [0.1, 0.15) is 11.5 Å². The van der Waals surface area contributed by atoms with Crippen LogP contribution in [0.4, 0.5) is 5.69 Å². The zero-order valence-corrected chi connectivity index (χ0v) is 30.3. The first-order valence-corrected chi connectivity index (χ1v) is 17.6. The molecule has 3 aromatic rings. The number of phenolic OH excluding ortho intramolecular Hbond substituents is 1. The Morgan fingerprint density at radius 3 is 2.31 bits per heavy atom. The summed E-state index contributed by atoms with van der Waals surface area (Å²) in [5.74, 6) is -4.86. The quantitative estimate of drug-likeness (QED) is 0.208. The number of nitrogens with zero attached hydrogens (tertiary/aromatic N) is 2. The van der Waals surface area contributed by atoms with Crippen molar-refractivity contribution < 1.29 is 29.0 Å². The third kappa shape index (κ3) is 5.01. The first-order valence-electron chi connectivity index (χ1n) is 16.0. The molecule has 6 atom stereocenters. The number of hydrazine groups is 1. The van der Waals surface area contributed by atoms with E-state index < -0.39 is 52.4 Å². The minimum Gasteiger partial charge on any atom is -0.508 e. The third-order valence-corrected chi connectivity index (χ3v) is 11.6. The summed E-state index contributed by atoms with van der Waals surface area (Å²) < 4.78 is 6.10. The maximum Gasteiger partial charge on any atom is 0.260 e. The van der Waals surface area contributed by atoms with E-state index in [9.17, 15) is 19.5 Å². The van der Waals surface area contributed by atoms with E-state index in [-0.39, 0.29) is 35.4 Å². The summed E-state index contributed by atoms with van der Waals surface area (Å²) in [5.41, 5.74) is 2.66. The molecular formula is C37H34BrCl2N3O6. The minimum atomic E-state index is -1.57. The molecule has 1 saturated carbocycles. The first-order chi connectivity index (χ1) is 23.2. The van der Waals surface area contributed by atoms with Crippen LogP contribution in [0.1, 0.15) is 50.7 Å². The first kappa shape index (κ1) is 33.6. The Balaban J connectivity index is 1.48. The molecule has 2 aliphatic carbocycles. The molecule has 0 aromatic heterocycles. The molecule has 2 heterocycles. The summed E-state index contributed by atoms with van der Waals surface area (Å²) in [6.07, 6.45) is 2.37. The summed E-state index contributed by atoms with van der Waals surface area (Å²) in [7, 11) is 1.54. The number of methoxy groups -OCH3 is 1. The summed E-state index contributed by atoms with van der Waals surface area (Å²) in [4.78, 5) is 59.5. The average Bonchev–Trinajstić information content (AvgIpc) is 3.44. The van der Waals surface area contributed by atoms with Gasteiger partial charge in [0, 0.05) is 26.5 Å². The topological polar surface area (TPSA) is 116 Å². The molecule has 0 radical (unpaired) electrons. The van der Waals surface area contributed by atoms with Gasteiger partial charge in [0.25, 0.3) is 11.8 Å². The van der Waals surface area contributed by atoms with Crippen LogP contribution in [-0.4, -0.2) is 51.3 Å². The Bertz CT molecular complexity index is 1960. The largest absolute Gasteiger partial charge is 0.508 e. The zero-order valence-electron chi connectivity index (χ0n) is 27.2. The number of allylic oxidation sites excluding steroid dienone is 2. The highest BCUT2D eigenvalue weighted by atomic mass is 79.9. The number of halogens is 3. The van der Waals surface area contributed by atoms with Crippen molar-refractivity contribution in [2.24, 2.45) is 23.7 Å². The van der Waals surface area contributed by atoms with E-state index >= 15 is 4.79 Å². The molecule has 3 aromatic carbocycles. The van der Waals surface area contributed by atoms with E-state index in [0.717, 1.165) is 10.6 Å². The summed E-state index contributed by atoms with van der Waals surface area (Å²) in [6, 6.07) is 16.7. The number of rotatable bonds is 5. The van der Waals surface area contributed by atoms with E-state index in [2.05, 4.69) is 21.4 Å². The lowest BCUT2D eigenvalue weighted by Gasteiger charge is -2.50. The van der Waals surface area contributed by atoms with Gasteiger partial charge in [-0.3, -0.25) is 29.5 Å². The van der Waals surface area contributed by atoms with E-state index in [1.165, 1.54) is 11.0 Å². The number of carbonyl (C=O) groups excluding carboxylic acids is 4. The number of anilines is 1. The fourth-order valence-corrected chi connectivity index (χ4v) is 9.44. The lowest BCUT2D eigenvalue weighted by molar-refractivity contribution is -0.146. The van der Waals surface area contributed by atoms with Gasteiger partial charge in [-0.1, -0.05) is 62.9 Å². The van der Waals surface area contributed by atoms with Crippen LogP contribution in [-0.2, 0) is 24.6 Å². The number of aromatic hydroxyl groups is 1. The zero-order chi connectivity index (χ0) is 35.2. The van der Waals surface area contributed by atoms with E-state index in [0.29, 0.717) is 32.1 Å². The van der Waals surface area contributed by atoms with Crippen molar-refractivity contribution in [3.05, 3.63) is 98.0 Å². The lowest BCUT2D eigenvalue weighted by atomic mass is 9.49. The van der Waals surface area contributed by atoms with Gasteiger partial charge in [-0.2, -0.15) is 5.01 Å². The van der Waals surface area contributed by atoms with Crippen LogP contribution in [0, 0.1) is 23.7 Å². The molecule has 0 unspecified atom stereocenters. The second-order valence-corrected chi connectivity index (χ2v) is 15.9. The van der Waals surface area contributed by atoms with Crippen LogP contribution in [0.15, 0.2) is 76.8 Å². The predicted octanol–water partition coefficient (Wildman–Crippen LogP) is 7.25. The van der Waals surface area contributed by atoms with Crippen molar-refractivity contribution in [1.29, 1.82) is 0 Å². The molecule has 4 aliphatic rings. The average molecular weight is 768 g/mol. The molecule has 4 amide bonds. The van der Waals surface area contributed by atoms with Crippen molar-refractivity contribution in [3.8, 4) is 11.5 Å².